The van der Waals surface area contributed by atoms with Crippen LogP contribution in [0.3, 0.4) is 0 Å². The van der Waals surface area contributed by atoms with E-state index in [4.69, 9.17) is 0 Å². The Balaban J connectivity index is 1.42. The molecule has 4 aliphatic rings. The number of benzene rings is 2. The van der Waals surface area contributed by atoms with Gasteiger partial charge in [-0.05, 0) is 55.4 Å². The van der Waals surface area contributed by atoms with E-state index in [1.165, 1.54) is 17.0 Å². The van der Waals surface area contributed by atoms with E-state index in [0.717, 1.165) is 37.3 Å². The highest BCUT2D eigenvalue weighted by molar-refractivity contribution is 7.92. The Morgan fingerprint density at radius 1 is 1.12 bits per heavy atom. The molecule has 2 saturated carbocycles. The molecule has 2 aromatic carbocycles. The summed E-state index contributed by atoms with van der Waals surface area (Å²) in [6.07, 6.45) is 3.12. The van der Waals surface area contributed by atoms with Crippen molar-refractivity contribution in [2.45, 2.75) is 36.7 Å². The van der Waals surface area contributed by atoms with Gasteiger partial charge in [-0.2, -0.15) is 8.42 Å². The molecule has 10 nitrogen and oxygen atoms in total. The summed E-state index contributed by atoms with van der Waals surface area (Å²) in [7, 11) is -8.17. The summed E-state index contributed by atoms with van der Waals surface area (Å²) in [5, 5.41) is 14.1. The van der Waals surface area contributed by atoms with Crippen LogP contribution in [0, 0.1) is 35.2 Å². The molecule has 0 radical (unpaired) electrons. The number of carbonyl (C=O) groups excluding carboxylic acids is 1. The average molecular weight is 597 g/mol. The van der Waals surface area contributed by atoms with Gasteiger partial charge in [-0.3, -0.25) is 9.52 Å². The average Bonchev–Trinajstić information content (AvgIpc) is 3.48. The highest BCUT2D eigenvalue weighted by Crippen LogP contribution is 2.55. The number of nitrogens with one attached hydrogen (secondary N) is 2. The first-order valence-electron chi connectivity index (χ1n) is 12.4. The number of hydrogen-bond donors (Lipinski definition) is 3. The van der Waals surface area contributed by atoms with Crippen LogP contribution in [-0.2, 0) is 31.4 Å². The van der Waals surface area contributed by atoms with Gasteiger partial charge in [0.15, 0.2) is 23.3 Å². The first kappa shape index (κ1) is 26.6. The van der Waals surface area contributed by atoms with Crippen LogP contribution in [-0.4, -0.2) is 50.9 Å². The topological polar surface area (TPSA) is 145 Å². The first-order valence-corrected chi connectivity index (χ1v) is 15.7. The van der Waals surface area contributed by atoms with E-state index in [0.29, 0.717) is 6.42 Å². The molecule has 6 rings (SSSR count). The Morgan fingerprint density at radius 2 is 1.85 bits per heavy atom. The summed E-state index contributed by atoms with van der Waals surface area (Å²) in [5.74, 6) is -6.70. The standard InChI is InChI=1S/C25H23F3N4O6S2/c1-39(35,36)30-14-5-7-16-17(9-14)40(37,38)31-24(29-16)19-23(33)18-11-2-3-12(8-11)22(18)32(25(19)34)10-13-4-6-15(26)21(28)20(13)27/h4-7,9,11-12,18,22,30,33H,2-3,8,10H2,1H3,(H,29,31)/t11-,12-,18+,22-/m0/s1. The number of amidine groups is 1. The van der Waals surface area contributed by atoms with Crippen LogP contribution >= 0.6 is 0 Å². The molecule has 0 saturated heterocycles. The van der Waals surface area contributed by atoms with Gasteiger partial charge in [-0.25, -0.2) is 21.6 Å². The largest absolute Gasteiger partial charge is 0.511 e. The van der Waals surface area contributed by atoms with E-state index < -0.39 is 73.3 Å². The molecule has 2 aliphatic carbocycles. The van der Waals surface area contributed by atoms with Crippen LogP contribution in [0.1, 0.15) is 24.8 Å². The molecule has 2 bridgehead atoms. The zero-order chi connectivity index (χ0) is 28.7. The zero-order valence-corrected chi connectivity index (χ0v) is 22.5. The molecule has 1 amide bonds. The molecule has 0 aromatic heterocycles. The Hall–Kier alpha value is -3.59. The number of amides is 1. The number of carbonyl (C=O) groups is 1. The highest BCUT2D eigenvalue weighted by atomic mass is 32.2. The third-order valence-corrected chi connectivity index (χ3v) is 9.92. The minimum absolute atomic E-state index is 0.00887. The third kappa shape index (κ3) is 4.22. The van der Waals surface area contributed by atoms with Gasteiger partial charge in [-0.1, -0.05) is 6.07 Å². The number of fused-ring (bicyclic) bond motifs is 6. The van der Waals surface area contributed by atoms with E-state index in [9.17, 15) is 39.9 Å². The Morgan fingerprint density at radius 3 is 2.58 bits per heavy atom. The second-order valence-corrected chi connectivity index (χ2v) is 13.8. The van der Waals surface area contributed by atoms with Gasteiger partial charge in [0, 0.05) is 29.8 Å². The Kier molecular flexibility index (Phi) is 5.96. The molecule has 2 fully saturated rings. The summed E-state index contributed by atoms with van der Waals surface area (Å²) in [6.45, 7) is -0.430. The molecule has 2 heterocycles. The lowest BCUT2D eigenvalue weighted by Gasteiger charge is -2.44. The van der Waals surface area contributed by atoms with Crippen molar-refractivity contribution in [1.29, 1.82) is 0 Å². The van der Waals surface area contributed by atoms with Crippen molar-refractivity contribution in [1.82, 2.24) is 4.90 Å². The molecular weight excluding hydrogens is 573 g/mol. The lowest BCUT2D eigenvalue weighted by molar-refractivity contribution is -0.134. The van der Waals surface area contributed by atoms with Gasteiger partial charge < -0.3 is 15.3 Å². The number of nitrogens with zero attached hydrogens (tertiary/aromatic N) is 2. The molecule has 212 valence electrons. The zero-order valence-electron chi connectivity index (χ0n) is 20.9. The van der Waals surface area contributed by atoms with Crippen LogP contribution in [0.5, 0.6) is 0 Å². The molecule has 4 atom stereocenters. The van der Waals surface area contributed by atoms with Gasteiger partial charge in [0.25, 0.3) is 15.9 Å². The fraction of sp³-hybridized carbons (Fsp3) is 0.360. The van der Waals surface area contributed by atoms with Gasteiger partial charge in [0.05, 0.1) is 11.9 Å². The fourth-order valence-electron chi connectivity index (χ4n) is 6.47. The molecule has 15 heteroatoms. The van der Waals surface area contributed by atoms with Gasteiger partial charge in [0.2, 0.25) is 10.0 Å². The van der Waals surface area contributed by atoms with Crippen molar-refractivity contribution < 1.29 is 39.9 Å². The van der Waals surface area contributed by atoms with Gasteiger partial charge in [-0.15, -0.1) is 4.40 Å². The smallest absolute Gasteiger partial charge is 0.286 e. The van der Waals surface area contributed by atoms with E-state index >= 15 is 0 Å². The maximum atomic E-state index is 14.6. The van der Waals surface area contributed by atoms with E-state index in [2.05, 4.69) is 14.4 Å². The third-order valence-electron chi connectivity index (χ3n) is 8.00. The SMILES string of the molecule is CS(=O)(=O)Nc1ccc2c(c1)S(=O)(=O)N=C(C1=C(O)[C@@H]3[C@H]4CC[C@@H](C4)[C@@H]3N(Cc3ccc(F)c(F)c3F)C1=O)N2. The molecule has 0 spiro atoms. The summed E-state index contributed by atoms with van der Waals surface area (Å²) in [4.78, 5) is 14.8. The second kappa shape index (κ2) is 8.96. The molecule has 2 aromatic rings. The van der Waals surface area contributed by atoms with Crippen LogP contribution in [0.4, 0.5) is 24.5 Å². The van der Waals surface area contributed by atoms with Crippen LogP contribution in [0.15, 0.2) is 51.0 Å². The van der Waals surface area contributed by atoms with Crippen LogP contribution in [0.25, 0.3) is 0 Å². The normalized spacial score (nSPS) is 26.8. The van der Waals surface area contributed by atoms with Crippen molar-refractivity contribution >= 4 is 43.2 Å². The summed E-state index contributed by atoms with van der Waals surface area (Å²) < 4.78 is 97.5. The molecule has 3 N–H and O–H groups in total. The minimum atomic E-state index is -4.47. The quantitative estimate of drug-likeness (QED) is 0.450. The van der Waals surface area contributed by atoms with E-state index in [-0.39, 0.29) is 39.4 Å². The number of aliphatic hydroxyl groups excluding tert-OH is 1. The maximum absolute atomic E-state index is 14.6. The summed E-state index contributed by atoms with van der Waals surface area (Å²) in [6, 6.07) is 4.93. The lowest BCUT2D eigenvalue weighted by Crippen LogP contribution is -2.53. The Labute approximate surface area is 227 Å². The number of rotatable bonds is 5. The number of sulfonamides is 2. The number of halogens is 3. The second-order valence-electron chi connectivity index (χ2n) is 10.5. The van der Waals surface area contributed by atoms with E-state index in [1.807, 2.05) is 0 Å². The minimum Gasteiger partial charge on any atom is -0.511 e. The van der Waals surface area contributed by atoms with Gasteiger partial charge in [0.1, 0.15) is 16.2 Å². The van der Waals surface area contributed by atoms with Crippen molar-refractivity contribution in [3.8, 4) is 0 Å². The van der Waals surface area contributed by atoms with Crippen molar-refractivity contribution in [3.63, 3.8) is 0 Å². The lowest BCUT2D eigenvalue weighted by atomic mass is 9.77. The summed E-state index contributed by atoms with van der Waals surface area (Å²) >= 11 is 0. The fourth-order valence-corrected chi connectivity index (χ4v) is 8.17. The predicted octanol–water partition coefficient (Wildman–Crippen LogP) is 3.26. The van der Waals surface area contributed by atoms with Crippen molar-refractivity contribution in [3.05, 3.63) is 64.7 Å². The first-order chi connectivity index (χ1) is 18.7. The van der Waals surface area contributed by atoms with Crippen molar-refractivity contribution in [2.75, 3.05) is 16.3 Å². The number of anilines is 2. The van der Waals surface area contributed by atoms with E-state index in [1.54, 1.807) is 0 Å². The Bertz CT molecular complexity index is 1760. The highest BCUT2D eigenvalue weighted by Gasteiger charge is 2.57. The van der Waals surface area contributed by atoms with Crippen LogP contribution < -0.4 is 10.0 Å². The number of hydrogen-bond acceptors (Lipinski definition) is 7. The molecular formula is C25H23F3N4O6S2. The van der Waals surface area contributed by atoms with Gasteiger partial charge >= 0.3 is 0 Å². The number of aliphatic hydroxyl groups is 1. The van der Waals surface area contributed by atoms with Crippen LogP contribution in [0.2, 0.25) is 0 Å². The molecule has 2 aliphatic heterocycles. The maximum Gasteiger partial charge on any atom is 0.286 e. The molecule has 40 heavy (non-hydrogen) atoms. The molecule has 0 unspecified atom stereocenters. The van der Waals surface area contributed by atoms with Crippen molar-refractivity contribution in [2.24, 2.45) is 22.2 Å². The monoisotopic (exact) mass is 596 g/mol. The summed E-state index contributed by atoms with van der Waals surface area (Å²) in [5.41, 5.74) is -0.711. The predicted molar refractivity (Wildman–Crippen MR) is 138 cm³/mol.